The predicted molar refractivity (Wildman–Crippen MR) is 87.8 cm³/mol. The zero-order chi connectivity index (χ0) is 14.5. The second-order valence-electron chi connectivity index (χ2n) is 5.51. The number of hydrogen-bond donors (Lipinski definition) is 1. The molecule has 1 aliphatic heterocycles. The number of halogens is 1. The first-order chi connectivity index (χ1) is 9.67. The summed E-state index contributed by atoms with van der Waals surface area (Å²) in [5.41, 5.74) is 2.53. The average Bonchev–Trinajstić information content (AvgIpc) is 2.46. The van der Waals surface area contributed by atoms with Crippen LogP contribution in [0.25, 0.3) is 0 Å². The molecule has 1 aromatic rings. The Hall–Kier alpha value is -0.770. The highest BCUT2D eigenvalue weighted by molar-refractivity contribution is 6.31. The highest BCUT2D eigenvalue weighted by Crippen LogP contribution is 2.29. The molecule has 0 radical (unpaired) electrons. The van der Waals surface area contributed by atoms with Crippen molar-refractivity contribution < 1.29 is 0 Å². The summed E-state index contributed by atoms with van der Waals surface area (Å²) in [6.07, 6.45) is 1.19. The van der Waals surface area contributed by atoms with Crippen LogP contribution in [0.3, 0.4) is 0 Å². The van der Waals surface area contributed by atoms with E-state index in [-0.39, 0.29) is 0 Å². The topological polar surface area (TPSA) is 18.5 Å². The number of nitrogens with zero attached hydrogens (tertiary/aromatic N) is 2. The number of rotatable bonds is 5. The van der Waals surface area contributed by atoms with Gasteiger partial charge in [-0.2, -0.15) is 0 Å². The van der Waals surface area contributed by atoms with E-state index in [1.54, 1.807) is 0 Å². The van der Waals surface area contributed by atoms with Crippen molar-refractivity contribution in [1.29, 1.82) is 0 Å². The van der Waals surface area contributed by atoms with Gasteiger partial charge in [0.05, 0.1) is 0 Å². The lowest BCUT2D eigenvalue weighted by atomic mass is 10.1. The van der Waals surface area contributed by atoms with Crippen LogP contribution in [0.15, 0.2) is 18.2 Å². The lowest BCUT2D eigenvalue weighted by Gasteiger charge is -2.41. The van der Waals surface area contributed by atoms with Crippen LogP contribution >= 0.6 is 11.6 Å². The molecule has 1 aromatic carbocycles. The van der Waals surface area contributed by atoms with Crippen LogP contribution in [-0.4, -0.2) is 44.2 Å². The van der Waals surface area contributed by atoms with Gasteiger partial charge in [0.15, 0.2) is 0 Å². The summed E-state index contributed by atoms with van der Waals surface area (Å²) in [6, 6.07) is 6.89. The molecule has 2 rings (SSSR count). The molecule has 1 heterocycles. The maximum absolute atomic E-state index is 6.41. The summed E-state index contributed by atoms with van der Waals surface area (Å²) in [6.45, 7) is 9.48. The van der Waals surface area contributed by atoms with E-state index in [0.29, 0.717) is 6.04 Å². The van der Waals surface area contributed by atoms with Gasteiger partial charge in [-0.25, -0.2) is 0 Å². The van der Waals surface area contributed by atoms with E-state index < -0.39 is 0 Å². The summed E-state index contributed by atoms with van der Waals surface area (Å²) in [7, 11) is 2.23. The summed E-state index contributed by atoms with van der Waals surface area (Å²) >= 11 is 6.41. The van der Waals surface area contributed by atoms with Crippen molar-refractivity contribution >= 4 is 17.3 Å². The van der Waals surface area contributed by atoms with Gasteiger partial charge in [-0.1, -0.05) is 31.5 Å². The quantitative estimate of drug-likeness (QED) is 0.901. The first-order valence-corrected chi connectivity index (χ1v) is 7.98. The molecule has 112 valence electrons. The molecule has 20 heavy (non-hydrogen) atoms. The Morgan fingerprint density at radius 2 is 2.10 bits per heavy atom. The Morgan fingerprint density at radius 1 is 1.30 bits per heavy atom. The van der Waals surface area contributed by atoms with Crippen molar-refractivity contribution in [3.8, 4) is 0 Å². The third-order valence-corrected chi connectivity index (χ3v) is 4.59. The fourth-order valence-corrected chi connectivity index (χ4v) is 3.11. The monoisotopic (exact) mass is 295 g/mol. The molecule has 0 aliphatic carbocycles. The fraction of sp³-hybridized carbons (Fsp3) is 0.625. The number of likely N-dealkylation sites (N-methyl/N-ethyl adjacent to an activating group) is 1. The molecular formula is C16H26ClN3. The van der Waals surface area contributed by atoms with E-state index in [1.165, 1.54) is 17.7 Å². The highest BCUT2D eigenvalue weighted by atomic mass is 35.5. The van der Waals surface area contributed by atoms with Gasteiger partial charge >= 0.3 is 0 Å². The summed E-state index contributed by atoms with van der Waals surface area (Å²) in [4.78, 5) is 4.96. The summed E-state index contributed by atoms with van der Waals surface area (Å²) < 4.78 is 0. The number of piperazine rings is 1. The highest BCUT2D eigenvalue weighted by Gasteiger charge is 2.24. The average molecular weight is 296 g/mol. The summed E-state index contributed by atoms with van der Waals surface area (Å²) in [5.74, 6) is 0. The van der Waals surface area contributed by atoms with Crippen molar-refractivity contribution in [2.24, 2.45) is 0 Å². The smallest absolute Gasteiger partial charge is 0.0471 e. The molecule has 1 aliphatic rings. The summed E-state index contributed by atoms with van der Waals surface area (Å²) in [5, 5.41) is 4.27. The molecule has 3 nitrogen and oxygen atoms in total. The van der Waals surface area contributed by atoms with Gasteiger partial charge in [0, 0.05) is 48.5 Å². The van der Waals surface area contributed by atoms with E-state index in [9.17, 15) is 0 Å². The molecule has 0 aromatic heterocycles. The Bertz CT molecular complexity index is 436. The van der Waals surface area contributed by atoms with E-state index >= 15 is 0 Å². The van der Waals surface area contributed by atoms with E-state index in [1.807, 2.05) is 6.07 Å². The number of hydrogen-bond acceptors (Lipinski definition) is 3. The Kier molecular flexibility index (Phi) is 5.70. The normalized spacial score (nSPS) is 20.4. The second-order valence-corrected chi connectivity index (χ2v) is 5.91. The first kappa shape index (κ1) is 15.6. The standard InChI is InChI=1S/C16H26ClN3/c1-4-13-12-20(10-9-19(13)3)16-8-6-7-15(17)14(16)11-18-5-2/h6-8,13,18H,4-5,9-12H2,1-3H3. The molecule has 4 heteroatoms. The molecular weight excluding hydrogens is 270 g/mol. The third-order valence-electron chi connectivity index (χ3n) is 4.23. The molecule has 1 unspecified atom stereocenters. The SMILES string of the molecule is CCNCc1c(Cl)cccc1N1CCN(C)C(CC)C1. The minimum absolute atomic E-state index is 0.634. The maximum Gasteiger partial charge on any atom is 0.0471 e. The van der Waals surface area contributed by atoms with Gasteiger partial charge in [-0.15, -0.1) is 0 Å². The fourth-order valence-electron chi connectivity index (χ4n) is 2.87. The molecule has 0 saturated carbocycles. The van der Waals surface area contributed by atoms with Crippen molar-refractivity contribution in [3.63, 3.8) is 0 Å². The van der Waals surface area contributed by atoms with Gasteiger partial charge in [-0.3, -0.25) is 4.90 Å². The minimum atomic E-state index is 0.634. The molecule has 0 bridgehead atoms. The van der Waals surface area contributed by atoms with Gasteiger partial charge in [0.2, 0.25) is 0 Å². The zero-order valence-electron chi connectivity index (χ0n) is 12.8. The Labute approximate surface area is 127 Å². The van der Waals surface area contributed by atoms with Crippen LogP contribution in [-0.2, 0) is 6.54 Å². The van der Waals surface area contributed by atoms with Crippen molar-refractivity contribution in [2.45, 2.75) is 32.9 Å². The maximum atomic E-state index is 6.41. The van der Waals surface area contributed by atoms with Gasteiger partial charge in [0.25, 0.3) is 0 Å². The van der Waals surface area contributed by atoms with Gasteiger partial charge < -0.3 is 10.2 Å². The van der Waals surface area contributed by atoms with Crippen LogP contribution in [0.5, 0.6) is 0 Å². The van der Waals surface area contributed by atoms with Crippen LogP contribution in [0.2, 0.25) is 5.02 Å². The van der Waals surface area contributed by atoms with E-state index in [2.05, 4.69) is 48.1 Å². The number of nitrogens with one attached hydrogen (secondary N) is 1. The van der Waals surface area contributed by atoms with E-state index in [4.69, 9.17) is 11.6 Å². The lowest BCUT2D eigenvalue weighted by Crippen LogP contribution is -2.51. The van der Waals surface area contributed by atoms with Crippen LogP contribution in [0.4, 0.5) is 5.69 Å². The molecule has 1 fully saturated rings. The molecule has 1 N–H and O–H groups in total. The second kappa shape index (κ2) is 7.30. The van der Waals surface area contributed by atoms with E-state index in [0.717, 1.165) is 37.7 Å². The van der Waals surface area contributed by atoms with Crippen molar-refractivity contribution in [2.75, 3.05) is 38.1 Å². The third kappa shape index (κ3) is 3.46. The molecule has 1 atom stereocenters. The Morgan fingerprint density at radius 3 is 2.80 bits per heavy atom. The van der Waals surface area contributed by atoms with Gasteiger partial charge in [-0.05, 0) is 32.1 Å². The van der Waals surface area contributed by atoms with Crippen LogP contribution in [0, 0.1) is 0 Å². The minimum Gasteiger partial charge on any atom is -0.368 e. The predicted octanol–water partition coefficient (Wildman–Crippen LogP) is 2.98. The van der Waals surface area contributed by atoms with Crippen LogP contribution in [0.1, 0.15) is 25.8 Å². The first-order valence-electron chi connectivity index (χ1n) is 7.60. The van der Waals surface area contributed by atoms with Crippen molar-refractivity contribution in [3.05, 3.63) is 28.8 Å². The van der Waals surface area contributed by atoms with Gasteiger partial charge in [0.1, 0.15) is 0 Å². The lowest BCUT2D eigenvalue weighted by molar-refractivity contribution is 0.213. The van der Waals surface area contributed by atoms with Crippen molar-refractivity contribution in [1.82, 2.24) is 10.2 Å². The number of benzene rings is 1. The molecule has 0 amide bonds. The zero-order valence-corrected chi connectivity index (χ0v) is 13.6. The Balaban J connectivity index is 2.21. The van der Waals surface area contributed by atoms with Crippen LogP contribution < -0.4 is 10.2 Å². The molecule has 0 spiro atoms. The number of anilines is 1. The largest absolute Gasteiger partial charge is 0.368 e. The molecule has 1 saturated heterocycles.